The molecule has 0 saturated carbocycles. The van der Waals surface area contributed by atoms with E-state index >= 15 is 0 Å². The Bertz CT molecular complexity index is 526. The first kappa shape index (κ1) is 11.1. The maximum Gasteiger partial charge on any atom is 0.150 e. The van der Waals surface area contributed by atoms with Crippen molar-refractivity contribution in [3.05, 3.63) is 48.2 Å². The first-order valence-corrected chi connectivity index (χ1v) is 5.14. The number of methoxy groups -OCH3 is 1. The van der Waals surface area contributed by atoms with Gasteiger partial charge in [0.05, 0.1) is 7.11 Å². The molecule has 0 spiro atoms. The predicted molar refractivity (Wildman–Crippen MR) is 65.9 cm³/mol. The fourth-order valence-electron chi connectivity index (χ4n) is 1.44. The minimum absolute atomic E-state index is 0.588. The standard InChI is InChI=1S/C13H12N2O2/c1-17-12-4-2-3-11(8-12)15-13-7-10(9-16)5-6-14-13/h2-9H,1H3,(H,14,15). The summed E-state index contributed by atoms with van der Waals surface area (Å²) in [7, 11) is 1.62. The van der Waals surface area contributed by atoms with Gasteiger partial charge in [0.1, 0.15) is 17.9 Å². The second-order valence-corrected chi connectivity index (χ2v) is 3.45. The van der Waals surface area contributed by atoms with E-state index in [0.717, 1.165) is 17.7 Å². The molecule has 4 nitrogen and oxygen atoms in total. The highest BCUT2D eigenvalue weighted by Crippen LogP contribution is 2.20. The zero-order valence-electron chi connectivity index (χ0n) is 9.38. The van der Waals surface area contributed by atoms with Gasteiger partial charge in [0, 0.05) is 23.5 Å². The van der Waals surface area contributed by atoms with Crippen LogP contribution in [-0.2, 0) is 0 Å². The van der Waals surface area contributed by atoms with Crippen LogP contribution in [0.15, 0.2) is 42.6 Å². The molecule has 0 fully saturated rings. The summed E-state index contributed by atoms with van der Waals surface area (Å²) in [6.07, 6.45) is 2.38. The van der Waals surface area contributed by atoms with Gasteiger partial charge in [-0.3, -0.25) is 4.79 Å². The summed E-state index contributed by atoms with van der Waals surface area (Å²) in [6.45, 7) is 0. The van der Waals surface area contributed by atoms with Crippen molar-refractivity contribution in [1.82, 2.24) is 4.98 Å². The van der Waals surface area contributed by atoms with Gasteiger partial charge in [0.15, 0.2) is 0 Å². The molecule has 4 heteroatoms. The Labute approximate surface area is 99.3 Å². The van der Waals surface area contributed by atoms with E-state index in [9.17, 15) is 4.79 Å². The van der Waals surface area contributed by atoms with Crippen molar-refractivity contribution in [3.8, 4) is 5.75 Å². The number of nitrogens with one attached hydrogen (secondary N) is 1. The molecular weight excluding hydrogens is 216 g/mol. The van der Waals surface area contributed by atoms with Crippen LogP contribution in [0, 0.1) is 0 Å². The van der Waals surface area contributed by atoms with Crippen molar-refractivity contribution in [2.24, 2.45) is 0 Å². The summed E-state index contributed by atoms with van der Waals surface area (Å²) >= 11 is 0. The van der Waals surface area contributed by atoms with Crippen LogP contribution in [0.5, 0.6) is 5.75 Å². The van der Waals surface area contributed by atoms with Crippen LogP contribution in [0.25, 0.3) is 0 Å². The van der Waals surface area contributed by atoms with Gasteiger partial charge in [-0.25, -0.2) is 4.98 Å². The van der Waals surface area contributed by atoms with E-state index in [-0.39, 0.29) is 0 Å². The van der Waals surface area contributed by atoms with E-state index in [1.54, 1.807) is 25.4 Å². The highest BCUT2D eigenvalue weighted by Gasteiger charge is 1.99. The Kier molecular flexibility index (Phi) is 3.35. The van der Waals surface area contributed by atoms with E-state index < -0.39 is 0 Å². The van der Waals surface area contributed by atoms with E-state index in [4.69, 9.17) is 4.74 Å². The van der Waals surface area contributed by atoms with Crippen LogP contribution >= 0.6 is 0 Å². The van der Waals surface area contributed by atoms with Gasteiger partial charge in [-0.15, -0.1) is 0 Å². The number of carbonyl (C=O) groups excluding carboxylic acids is 1. The minimum atomic E-state index is 0.588. The number of hydrogen-bond acceptors (Lipinski definition) is 4. The lowest BCUT2D eigenvalue weighted by Crippen LogP contribution is -1.95. The maximum atomic E-state index is 10.6. The number of ether oxygens (including phenoxy) is 1. The van der Waals surface area contributed by atoms with Crippen molar-refractivity contribution in [2.75, 3.05) is 12.4 Å². The van der Waals surface area contributed by atoms with Gasteiger partial charge in [-0.05, 0) is 24.3 Å². The highest BCUT2D eigenvalue weighted by molar-refractivity contribution is 5.76. The Balaban J connectivity index is 2.21. The number of aromatic nitrogens is 1. The molecule has 0 aliphatic carbocycles. The second-order valence-electron chi connectivity index (χ2n) is 3.45. The first-order valence-electron chi connectivity index (χ1n) is 5.14. The van der Waals surface area contributed by atoms with Crippen LogP contribution in [0.4, 0.5) is 11.5 Å². The minimum Gasteiger partial charge on any atom is -0.497 e. The highest BCUT2D eigenvalue weighted by atomic mass is 16.5. The van der Waals surface area contributed by atoms with Crippen LogP contribution in [-0.4, -0.2) is 18.4 Å². The first-order chi connectivity index (χ1) is 8.31. The summed E-state index contributed by atoms with van der Waals surface area (Å²) < 4.78 is 5.12. The summed E-state index contributed by atoms with van der Waals surface area (Å²) in [5.74, 6) is 1.39. The number of hydrogen-bond donors (Lipinski definition) is 1. The monoisotopic (exact) mass is 228 g/mol. The molecule has 0 unspecified atom stereocenters. The van der Waals surface area contributed by atoms with Crippen molar-refractivity contribution in [2.45, 2.75) is 0 Å². The lowest BCUT2D eigenvalue weighted by molar-refractivity contribution is 0.112. The number of nitrogens with zero attached hydrogens (tertiary/aromatic N) is 1. The average molecular weight is 228 g/mol. The largest absolute Gasteiger partial charge is 0.497 e. The van der Waals surface area contributed by atoms with E-state index in [2.05, 4.69) is 10.3 Å². The zero-order chi connectivity index (χ0) is 12.1. The van der Waals surface area contributed by atoms with Gasteiger partial charge < -0.3 is 10.1 Å². The van der Waals surface area contributed by atoms with E-state index in [1.165, 1.54) is 0 Å². The van der Waals surface area contributed by atoms with Gasteiger partial charge in [0.2, 0.25) is 0 Å². The van der Waals surface area contributed by atoms with Crippen molar-refractivity contribution in [3.63, 3.8) is 0 Å². The number of carbonyl (C=O) groups is 1. The van der Waals surface area contributed by atoms with Gasteiger partial charge in [0.25, 0.3) is 0 Å². The average Bonchev–Trinajstić information content (AvgIpc) is 2.39. The molecule has 2 rings (SSSR count). The summed E-state index contributed by atoms with van der Waals surface area (Å²) in [5, 5.41) is 3.10. The molecule has 0 saturated heterocycles. The fraction of sp³-hybridized carbons (Fsp3) is 0.0769. The normalized spacial score (nSPS) is 9.71. The van der Waals surface area contributed by atoms with E-state index in [0.29, 0.717) is 11.4 Å². The third-order valence-electron chi connectivity index (χ3n) is 2.26. The number of anilines is 2. The molecule has 86 valence electrons. The summed E-state index contributed by atoms with van der Waals surface area (Å²) in [5.41, 5.74) is 1.45. The van der Waals surface area contributed by atoms with Gasteiger partial charge in [-0.1, -0.05) is 6.07 Å². The van der Waals surface area contributed by atoms with Crippen LogP contribution < -0.4 is 10.1 Å². The van der Waals surface area contributed by atoms with Crippen LogP contribution in [0.2, 0.25) is 0 Å². The van der Waals surface area contributed by atoms with Crippen molar-refractivity contribution in [1.29, 1.82) is 0 Å². The number of aldehydes is 1. The fourth-order valence-corrected chi connectivity index (χ4v) is 1.44. The molecule has 1 heterocycles. The lowest BCUT2D eigenvalue weighted by atomic mass is 10.2. The van der Waals surface area contributed by atoms with E-state index in [1.807, 2.05) is 24.3 Å². The Hall–Kier alpha value is -2.36. The molecule has 1 aromatic heterocycles. The molecule has 0 bridgehead atoms. The smallest absolute Gasteiger partial charge is 0.150 e. The SMILES string of the molecule is COc1cccc(Nc2cc(C=O)ccn2)c1. The predicted octanol–water partition coefficient (Wildman–Crippen LogP) is 2.65. The molecule has 0 amide bonds. The Morgan fingerprint density at radius 1 is 1.29 bits per heavy atom. The number of benzene rings is 1. The summed E-state index contributed by atoms with van der Waals surface area (Å²) in [4.78, 5) is 14.8. The van der Waals surface area contributed by atoms with Crippen LogP contribution in [0.1, 0.15) is 10.4 Å². The summed E-state index contributed by atoms with van der Waals surface area (Å²) in [6, 6.07) is 10.8. The molecule has 2 aromatic rings. The van der Waals surface area contributed by atoms with Crippen molar-refractivity contribution >= 4 is 17.8 Å². The quantitative estimate of drug-likeness (QED) is 0.817. The number of rotatable bonds is 4. The number of pyridine rings is 1. The molecule has 1 aromatic carbocycles. The lowest BCUT2D eigenvalue weighted by Gasteiger charge is -2.07. The third-order valence-corrected chi connectivity index (χ3v) is 2.26. The molecule has 0 aliphatic rings. The topological polar surface area (TPSA) is 51.2 Å². The molecule has 0 aliphatic heterocycles. The Morgan fingerprint density at radius 3 is 2.94 bits per heavy atom. The molecule has 0 atom stereocenters. The molecule has 17 heavy (non-hydrogen) atoms. The Morgan fingerprint density at radius 2 is 2.18 bits per heavy atom. The third kappa shape index (κ3) is 2.81. The molecule has 1 N–H and O–H groups in total. The molecular formula is C13H12N2O2. The van der Waals surface area contributed by atoms with Gasteiger partial charge in [-0.2, -0.15) is 0 Å². The van der Waals surface area contributed by atoms with Crippen LogP contribution in [0.3, 0.4) is 0 Å². The zero-order valence-corrected chi connectivity index (χ0v) is 9.38. The second kappa shape index (κ2) is 5.12. The van der Waals surface area contributed by atoms with Gasteiger partial charge >= 0.3 is 0 Å². The molecule has 0 radical (unpaired) electrons. The maximum absolute atomic E-state index is 10.6. The van der Waals surface area contributed by atoms with Crippen molar-refractivity contribution < 1.29 is 9.53 Å².